The number of hydrogen-bond donors (Lipinski definition) is 6. The number of anilines is 4. The van der Waals surface area contributed by atoms with E-state index in [9.17, 15) is 37.4 Å². The first-order valence-electron chi connectivity index (χ1n) is 16.9. The van der Waals surface area contributed by atoms with Crippen molar-refractivity contribution in [3.63, 3.8) is 0 Å². The highest BCUT2D eigenvalue weighted by Gasteiger charge is 2.39. The summed E-state index contributed by atoms with van der Waals surface area (Å²) in [6.45, 7) is 3.64. The quantitative estimate of drug-likeness (QED) is 0.0322. The van der Waals surface area contributed by atoms with Crippen molar-refractivity contribution in [3.05, 3.63) is 113 Å². The van der Waals surface area contributed by atoms with Crippen LogP contribution in [0.25, 0.3) is 0 Å². The third kappa shape index (κ3) is 11.5. The normalized spacial score (nSPS) is 14.7. The molecule has 16 heteroatoms. The summed E-state index contributed by atoms with van der Waals surface area (Å²) >= 11 is 4.35. The van der Waals surface area contributed by atoms with Crippen LogP contribution in [-0.2, 0) is 9.68 Å². The van der Waals surface area contributed by atoms with Gasteiger partial charge in [-0.05, 0) is 150 Å². The minimum Gasteiger partial charge on any atom is -0.394 e. The fourth-order valence-electron chi connectivity index (χ4n) is 5.24. The number of aliphatic hydroxyl groups excluding tert-OH is 1. The van der Waals surface area contributed by atoms with Crippen LogP contribution in [0.1, 0.15) is 63.9 Å². The number of halogens is 6. The highest BCUT2D eigenvalue weighted by molar-refractivity contribution is 14.1. The molecule has 6 N–H and O–H groups in total. The molecule has 0 aliphatic heterocycles. The molecule has 0 bridgehead atoms. The zero-order chi connectivity index (χ0) is 39.2. The molecule has 2 aliphatic carbocycles. The van der Waals surface area contributed by atoms with Crippen molar-refractivity contribution in [3.8, 4) is 0 Å². The second kappa shape index (κ2) is 18.4. The van der Waals surface area contributed by atoms with Crippen LogP contribution < -0.4 is 21.6 Å². The summed E-state index contributed by atoms with van der Waals surface area (Å²) in [5, 5.41) is 25.0. The molecular formula is C38H38F4I2N4O6. The zero-order valence-electron chi connectivity index (χ0n) is 29.2. The van der Waals surface area contributed by atoms with Crippen molar-refractivity contribution in [2.75, 3.05) is 23.8 Å². The molecule has 0 aromatic heterocycles. The van der Waals surface area contributed by atoms with Crippen molar-refractivity contribution in [2.45, 2.75) is 57.7 Å². The van der Waals surface area contributed by atoms with E-state index in [1.54, 1.807) is 12.1 Å². The number of rotatable bonds is 14. The van der Waals surface area contributed by atoms with Gasteiger partial charge in [0.15, 0.2) is 23.3 Å². The summed E-state index contributed by atoms with van der Waals surface area (Å²) in [5.74, 6) is -5.62. The molecule has 0 heterocycles. The lowest BCUT2D eigenvalue weighted by Gasteiger charge is -2.17. The maximum absolute atomic E-state index is 13.8. The van der Waals surface area contributed by atoms with Crippen molar-refractivity contribution in [1.29, 1.82) is 0 Å². The van der Waals surface area contributed by atoms with Gasteiger partial charge in [-0.3, -0.25) is 19.3 Å². The fraction of sp³-hybridized carbons (Fsp3) is 0.316. The number of carbonyl (C=O) groups excluding carboxylic acids is 2. The number of amides is 2. The highest BCUT2D eigenvalue weighted by atomic mass is 127. The second-order valence-corrected chi connectivity index (χ2v) is 15.6. The maximum atomic E-state index is 13.8. The Labute approximate surface area is 336 Å². The Bertz CT molecular complexity index is 2020. The van der Waals surface area contributed by atoms with Gasteiger partial charge >= 0.3 is 0 Å². The van der Waals surface area contributed by atoms with Crippen LogP contribution in [0.4, 0.5) is 40.3 Å². The highest BCUT2D eigenvalue weighted by Crippen LogP contribution is 2.38. The van der Waals surface area contributed by atoms with Gasteiger partial charge in [0.2, 0.25) is 0 Å². The number of nitrogens with one attached hydrogen (secondary N) is 4. The molecule has 288 valence electrons. The maximum Gasteiger partial charge on any atom is 0.277 e. The number of carbonyl (C=O) groups is 2. The Balaban J connectivity index is 0.000000208. The Morgan fingerprint density at radius 2 is 1.22 bits per heavy atom. The molecule has 54 heavy (non-hydrogen) atoms. The molecule has 1 atom stereocenters. The topological polar surface area (TPSA) is 141 Å². The van der Waals surface area contributed by atoms with Gasteiger partial charge in [0, 0.05) is 37.1 Å². The van der Waals surface area contributed by atoms with Gasteiger partial charge in [0.1, 0.15) is 6.10 Å². The van der Waals surface area contributed by atoms with E-state index in [2.05, 4.69) is 66.8 Å². The van der Waals surface area contributed by atoms with Crippen molar-refractivity contribution in [2.24, 2.45) is 5.92 Å². The minimum absolute atomic E-state index is 0.0861. The molecule has 0 saturated heterocycles. The number of aryl methyl sites for hydroxylation is 2. The molecule has 2 aliphatic rings. The second-order valence-electron chi connectivity index (χ2n) is 13.2. The van der Waals surface area contributed by atoms with Crippen LogP contribution in [0, 0.1) is 50.2 Å². The van der Waals surface area contributed by atoms with Crippen LogP contribution >= 0.6 is 45.2 Å². The first-order valence-corrected chi connectivity index (χ1v) is 19.1. The Morgan fingerprint density at radius 3 is 1.65 bits per heavy atom. The summed E-state index contributed by atoms with van der Waals surface area (Å²) < 4.78 is 57.0. The van der Waals surface area contributed by atoms with Gasteiger partial charge in [0.05, 0.1) is 41.3 Å². The number of hydroxylamine groups is 2. The van der Waals surface area contributed by atoms with Crippen LogP contribution in [0.2, 0.25) is 0 Å². The molecule has 2 fully saturated rings. The summed E-state index contributed by atoms with van der Waals surface area (Å²) in [4.78, 5) is 35.2. The average Bonchev–Trinajstić information content (AvgIpc) is 4.07. The van der Waals surface area contributed by atoms with Gasteiger partial charge in [-0.25, -0.2) is 28.5 Å². The molecule has 2 saturated carbocycles. The fourth-order valence-corrected chi connectivity index (χ4v) is 6.54. The molecule has 4 aromatic rings. The van der Waals surface area contributed by atoms with Gasteiger partial charge in [0.25, 0.3) is 11.8 Å². The molecule has 0 radical (unpaired) electrons. The summed E-state index contributed by atoms with van der Waals surface area (Å²) in [7, 11) is 0. The van der Waals surface area contributed by atoms with Gasteiger partial charge in [-0.2, -0.15) is 0 Å². The monoisotopic (exact) mass is 976 g/mol. The van der Waals surface area contributed by atoms with Crippen molar-refractivity contribution in [1.82, 2.24) is 11.0 Å². The van der Waals surface area contributed by atoms with Crippen LogP contribution in [-0.4, -0.2) is 46.9 Å². The van der Waals surface area contributed by atoms with Gasteiger partial charge in [-0.1, -0.05) is 0 Å². The average molecular weight is 977 g/mol. The van der Waals surface area contributed by atoms with Gasteiger partial charge < -0.3 is 20.8 Å². The molecular weight excluding hydrogens is 938 g/mol. The van der Waals surface area contributed by atoms with E-state index in [1.165, 1.54) is 0 Å². The lowest BCUT2D eigenvalue weighted by Crippen LogP contribution is -2.33. The lowest BCUT2D eigenvalue weighted by atomic mass is 10.1. The van der Waals surface area contributed by atoms with E-state index >= 15 is 0 Å². The third-order valence-electron chi connectivity index (χ3n) is 8.82. The van der Waals surface area contributed by atoms with Crippen LogP contribution in [0.15, 0.2) is 60.7 Å². The number of benzene rings is 4. The third-order valence-corrected chi connectivity index (χ3v) is 10.2. The first-order chi connectivity index (χ1) is 25.7. The Hall–Kier alpha value is -3.56. The Morgan fingerprint density at radius 1 is 0.759 bits per heavy atom. The summed E-state index contributed by atoms with van der Waals surface area (Å²) in [6.07, 6.45) is 3.18. The first kappa shape index (κ1) is 41.6. The number of aliphatic hydroxyl groups is 2. The van der Waals surface area contributed by atoms with E-state index in [-0.39, 0.29) is 41.6 Å². The van der Waals surface area contributed by atoms with E-state index in [1.807, 2.05) is 38.1 Å². The van der Waals surface area contributed by atoms with E-state index < -0.39 is 46.8 Å². The van der Waals surface area contributed by atoms with Crippen LogP contribution in [0.3, 0.4) is 0 Å². The molecule has 2 amide bonds. The van der Waals surface area contributed by atoms with Crippen molar-refractivity contribution < 1.29 is 47.0 Å². The van der Waals surface area contributed by atoms with Crippen molar-refractivity contribution >= 4 is 79.7 Å². The lowest BCUT2D eigenvalue weighted by molar-refractivity contribution is -0.0497. The van der Waals surface area contributed by atoms with Crippen LogP contribution in [0.5, 0.6) is 0 Å². The number of hydrogen-bond acceptors (Lipinski definition) is 8. The summed E-state index contributed by atoms with van der Waals surface area (Å²) in [6, 6.07) is 14.7. The molecule has 10 nitrogen and oxygen atoms in total. The van der Waals surface area contributed by atoms with E-state index in [0.717, 1.165) is 68.2 Å². The molecule has 0 spiro atoms. The smallest absolute Gasteiger partial charge is 0.277 e. The Kier molecular flexibility index (Phi) is 14.2. The predicted octanol–water partition coefficient (Wildman–Crippen LogP) is 8.25. The molecule has 6 rings (SSSR count). The predicted molar refractivity (Wildman–Crippen MR) is 211 cm³/mol. The SMILES string of the molecule is Cc1cc(I)ccc1Nc1cc(F)c(F)cc1C(=O)NOC(CO)C1CC1.Cc1cc(I)ccc1Nc1cc(F)c(F)cc1C(=O)NOCCC1(O)CC1. The molecule has 1 unspecified atom stereocenters. The molecule has 4 aromatic carbocycles. The van der Waals surface area contributed by atoms with E-state index in [4.69, 9.17) is 9.68 Å². The van der Waals surface area contributed by atoms with Gasteiger partial charge in [-0.15, -0.1) is 0 Å². The minimum atomic E-state index is -1.13. The standard InChI is InChI=1S/2C19H19F2IN2O3/c1-10-6-12(22)4-5-16(10)23-17-8-15(21)14(20)7-13(17)19(26)24-27-18(9-25)11-2-3-11;1-11-8-12(22)2-3-16(11)23-17-10-15(21)14(20)9-13(17)18(25)24-27-7-6-19(26)4-5-19/h4-8,11,18,23,25H,2-3,9H2,1H3,(H,24,26);2-3,8-10,23,26H,4-7H2,1H3,(H,24,25). The van der Waals surface area contributed by atoms with E-state index in [0.29, 0.717) is 17.8 Å². The zero-order valence-corrected chi connectivity index (χ0v) is 33.5. The summed E-state index contributed by atoms with van der Waals surface area (Å²) in [5.41, 5.74) is 6.95. The largest absolute Gasteiger partial charge is 0.394 e.